The van der Waals surface area contributed by atoms with E-state index in [1.54, 1.807) is 30.3 Å². The number of amides is 1. The number of nitrogens with one attached hydrogen (secondary N) is 1. The second-order valence-corrected chi connectivity index (χ2v) is 8.87. The summed E-state index contributed by atoms with van der Waals surface area (Å²) in [6.07, 6.45) is 0. The maximum atomic E-state index is 11.8. The van der Waals surface area contributed by atoms with Crippen molar-refractivity contribution in [1.29, 1.82) is 0 Å². The Bertz CT molecular complexity index is 1100. The Morgan fingerprint density at radius 1 is 1.15 bits per heavy atom. The summed E-state index contributed by atoms with van der Waals surface area (Å²) in [5.41, 5.74) is 2.46. The van der Waals surface area contributed by atoms with E-state index in [2.05, 4.69) is 15.4 Å². The number of aromatic nitrogens is 1. The molecule has 2 aromatic carbocycles. The molecule has 1 amide bonds. The highest BCUT2D eigenvalue weighted by atomic mass is 35.5. The third-order valence-electron chi connectivity index (χ3n) is 5.12. The molecule has 1 aromatic heterocycles. The average Bonchev–Trinajstić information content (AvgIpc) is 3.30. The summed E-state index contributed by atoms with van der Waals surface area (Å²) >= 11 is 17.7. The Kier molecular flexibility index (Phi) is 8.11. The van der Waals surface area contributed by atoms with Crippen LogP contribution in [0, 0.1) is 0 Å². The van der Waals surface area contributed by atoms with Gasteiger partial charge in [0, 0.05) is 37.0 Å². The number of morpholine rings is 1. The zero-order chi connectivity index (χ0) is 23.2. The van der Waals surface area contributed by atoms with E-state index < -0.39 is 10.7 Å². The third kappa shape index (κ3) is 6.19. The van der Waals surface area contributed by atoms with Crippen molar-refractivity contribution in [2.45, 2.75) is 4.84 Å². The number of alkyl halides is 2. The number of hydrogen-bond donors (Lipinski definition) is 1. The monoisotopic (exact) mass is 509 g/mol. The van der Waals surface area contributed by atoms with E-state index in [9.17, 15) is 4.79 Å². The molecule has 0 atom stereocenters. The fourth-order valence-corrected chi connectivity index (χ4v) is 3.83. The van der Waals surface area contributed by atoms with Crippen LogP contribution < -0.4 is 10.1 Å². The summed E-state index contributed by atoms with van der Waals surface area (Å²) in [6, 6.07) is 14.3. The summed E-state index contributed by atoms with van der Waals surface area (Å²) in [7, 11) is 0. The second-order valence-electron chi connectivity index (χ2n) is 7.36. The van der Waals surface area contributed by atoms with Gasteiger partial charge in [-0.3, -0.25) is 9.69 Å². The lowest BCUT2D eigenvalue weighted by Gasteiger charge is -2.26. The van der Waals surface area contributed by atoms with Crippen LogP contribution in [0.15, 0.2) is 53.1 Å². The van der Waals surface area contributed by atoms with Crippen LogP contribution in [0.25, 0.3) is 22.6 Å². The molecule has 10 heteroatoms. The number of rotatable bonds is 8. The molecule has 1 aliphatic rings. The number of benzene rings is 2. The molecule has 33 heavy (non-hydrogen) atoms. The first-order valence-electron chi connectivity index (χ1n) is 10.4. The van der Waals surface area contributed by atoms with Gasteiger partial charge in [0.25, 0.3) is 5.91 Å². The van der Waals surface area contributed by atoms with Crippen molar-refractivity contribution in [3.8, 4) is 28.3 Å². The molecule has 0 aliphatic carbocycles. The van der Waals surface area contributed by atoms with Crippen LogP contribution in [-0.4, -0.2) is 60.3 Å². The Morgan fingerprint density at radius 2 is 1.94 bits per heavy atom. The van der Waals surface area contributed by atoms with Gasteiger partial charge in [0.05, 0.1) is 23.8 Å². The van der Waals surface area contributed by atoms with E-state index in [1.807, 2.05) is 18.2 Å². The fourth-order valence-electron chi connectivity index (χ4n) is 3.46. The predicted molar refractivity (Wildman–Crippen MR) is 129 cm³/mol. The van der Waals surface area contributed by atoms with E-state index in [0.29, 0.717) is 45.6 Å². The largest absolute Gasteiger partial charge is 0.491 e. The molecule has 1 saturated heterocycles. The molecule has 174 valence electrons. The average molecular weight is 511 g/mol. The zero-order valence-corrected chi connectivity index (χ0v) is 19.9. The van der Waals surface area contributed by atoms with Gasteiger partial charge in [0.15, 0.2) is 10.6 Å². The second kappa shape index (κ2) is 11.2. The Morgan fingerprint density at radius 3 is 2.73 bits per heavy atom. The van der Waals surface area contributed by atoms with Crippen LogP contribution in [0.2, 0.25) is 5.02 Å². The molecule has 0 unspecified atom stereocenters. The maximum Gasteiger partial charge on any atom is 0.257 e. The van der Waals surface area contributed by atoms with Gasteiger partial charge in [0.2, 0.25) is 0 Å². The highest BCUT2D eigenvalue weighted by Crippen LogP contribution is 2.38. The maximum absolute atomic E-state index is 11.8. The minimum atomic E-state index is -1.16. The summed E-state index contributed by atoms with van der Waals surface area (Å²) in [6.45, 7) is 4.59. The SMILES string of the molecule is O=C(Nc1cccc(-c2cc(-c3c(Cl)cccc3OCCN3CCOCC3)no2)c1)C(Cl)Cl. The molecule has 1 aliphatic heterocycles. The number of carbonyl (C=O) groups is 1. The molecular weight excluding hydrogens is 489 g/mol. The number of halogens is 3. The minimum Gasteiger partial charge on any atom is -0.491 e. The molecule has 1 N–H and O–H groups in total. The zero-order valence-electron chi connectivity index (χ0n) is 17.6. The van der Waals surface area contributed by atoms with E-state index >= 15 is 0 Å². The van der Waals surface area contributed by atoms with Crippen LogP contribution in [0.5, 0.6) is 5.75 Å². The van der Waals surface area contributed by atoms with Crippen LogP contribution in [0.4, 0.5) is 5.69 Å². The molecule has 0 radical (unpaired) electrons. The summed E-state index contributed by atoms with van der Waals surface area (Å²) < 4.78 is 17.0. The van der Waals surface area contributed by atoms with Crippen molar-refractivity contribution in [2.24, 2.45) is 0 Å². The summed E-state index contributed by atoms with van der Waals surface area (Å²) in [5, 5.41) is 7.35. The first-order chi connectivity index (χ1) is 16.0. The predicted octanol–water partition coefficient (Wildman–Crippen LogP) is 5.12. The number of ether oxygens (including phenoxy) is 2. The van der Waals surface area contributed by atoms with E-state index in [1.165, 1.54) is 0 Å². The topological polar surface area (TPSA) is 76.8 Å². The van der Waals surface area contributed by atoms with Crippen molar-refractivity contribution in [2.75, 3.05) is 44.8 Å². The molecule has 0 saturated carbocycles. The smallest absolute Gasteiger partial charge is 0.257 e. The Labute approximate surface area is 206 Å². The fraction of sp³-hybridized carbons (Fsp3) is 0.304. The van der Waals surface area contributed by atoms with Crippen molar-refractivity contribution in [3.05, 3.63) is 53.6 Å². The Balaban J connectivity index is 1.51. The van der Waals surface area contributed by atoms with Gasteiger partial charge < -0.3 is 19.3 Å². The normalized spacial score (nSPS) is 14.4. The molecule has 0 bridgehead atoms. The Hall–Kier alpha value is -2.29. The van der Waals surface area contributed by atoms with Crippen LogP contribution >= 0.6 is 34.8 Å². The molecular formula is C23H22Cl3N3O4. The van der Waals surface area contributed by atoms with Gasteiger partial charge in [-0.15, -0.1) is 0 Å². The third-order valence-corrected chi connectivity index (χ3v) is 5.83. The van der Waals surface area contributed by atoms with E-state index in [-0.39, 0.29) is 0 Å². The lowest BCUT2D eigenvalue weighted by Crippen LogP contribution is -2.38. The number of carbonyl (C=O) groups excluding carboxylic acids is 1. The van der Waals surface area contributed by atoms with Crippen molar-refractivity contribution in [1.82, 2.24) is 10.1 Å². The van der Waals surface area contributed by atoms with Crippen LogP contribution in [0.1, 0.15) is 0 Å². The minimum absolute atomic E-state index is 0.508. The molecule has 2 heterocycles. The van der Waals surface area contributed by atoms with Gasteiger partial charge in [-0.05, 0) is 24.3 Å². The summed E-state index contributed by atoms with van der Waals surface area (Å²) in [5.74, 6) is 0.629. The summed E-state index contributed by atoms with van der Waals surface area (Å²) in [4.78, 5) is 12.9. The standard InChI is InChI=1S/C23H22Cl3N3O4/c24-17-5-2-6-19(32-12-9-29-7-10-31-11-8-29)21(17)18-14-20(33-28-18)15-3-1-4-16(13-15)27-23(30)22(25)26/h1-6,13-14,22H,7-12H2,(H,27,30). The van der Waals surface area contributed by atoms with Crippen molar-refractivity contribution < 1.29 is 18.8 Å². The number of hydrogen-bond acceptors (Lipinski definition) is 6. The van der Waals surface area contributed by atoms with Gasteiger partial charge in [0.1, 0.15) is 18.1 Å². The van der Waals surface area contributed by atoms with Crippen molar-refractivity contribution >= 4 is 46.4 Å². The molecule has 0 spiro atoms. The number of nitrogens with zero attached hydrogens (tertiary/aromatic N) is 2. The number of anilines is 1. The van der Waals surface area contributed by atoms with E-state index in [4.69, 9.17) is 48.8 Å². The van der Waals surface area contributed by atoms with Crippen molar-refractivity contribution in [3.63, 3.8) is 0 Å². The van der Waals surface area contributed by atoms with Gasteiger partial charge in [-0.2, -0.15) is 0 Å². The molecule has 7 nitrogen and oxygen atoms in total. The van der Waals surface area contributed by atoms with Gasteiger partial charge >= 0.3 is 0 Å². The van der Waals surface area contributed by atoms with Crippen LogP contribution in [0.3, 0.4) is 0 Å². The molecule has 4 rings (SSSR count). The van der Waals surface area contributed by atoms with Gasteiger partial charge in [-0.1, -0.05) is 58.2 Å². The highest BCUT2D eigenvalue weighted by Gasteiger charge is 2.18. The molecule has 3 aromatic rings. The highest BCUT2D eigenvalue weighted by molar-refractivity contribution is 6.54. The first-order valence-corrected chi connectivity index (χ1v) is 11.6. The quantitative estimate of drug-likeness (QED) is 0.424. The van der Waals surface area contributed by atoms with Gasteiger partial charge in [-0.25, -0.2) is 0 Å². The first kappa shape index (κ1) is 23.9. The van der Waals surface area contributed by atoms with Crippen LogP contribution in [-0.2, 0) is 9.53 Å². The van der Waals surface area contributed by atoms with E-state index in [0.717, 1.165) is 32.8 Å². The molecule has 1 fully saturated rings. The lowest BCUT2D eigenvalue weighted by molar-refractivity contribution is -0.114. The lowest BCUT2D eigenvalue weighted by atomic mass is 10.1.